The molecule has 1 aromatic heterocycles. The number of anilines is 1. The van der Waals surface area contributed by atoms with Gasteiger partial charge in [0.05, 0.1) is 16.7 Å². The van der Waals surface area contributed by atoms with Crippen molar-refractivity contribution in [3.63, 3.8) is 0 Å². The van der Waals surface area contributed by atoms with Crippen LogP contribution in [-0.2, 0) is 0 Å². The van der Waals surface area contributed by atoms with Gasteiger partial charge in [-0.2, -0.15) is 0 Å². The third-order valence-electron chi connectivity index (χ3n) is 3.22. The summed E-state index contributed by atoms with van der Waals surface area (Å²) in [5.41, 5.74) is 8.66. The number of ether oxygens (including phenoxy) is 2. The predicted octanol–water partition coefficient (Wildman–Crippen LogP) is 2.70. The lowest BCUT2D eigenvalue weighted by Gasteiger charge is -2.07. The van der Waals surface area contributed by atoms with E-state index in [0.29, 0.717) is 0 Å². The number of nitrogen functional groups attached to an aromatic ring is 1. The van der Waals surface area contributed by atoms with Crippen molar-refractivity contribution in [2.75, 3.05) is 12.5 Å². The summed E-state index contributed by atoms with van der Waals surface area (Å²) in [6.07, 6.45) is 0. The van der Waals surface area contributed by atoms with Crippen molar-refractivity contribution >= 4 is 27.5 Å². The van der Waals surface area contributed by atoms with Gasteiger partial charge in [0.25, 0.3) is 0 Å². The highest BCUT2D eigenvalue weighted by molar-refractivity contribution is 6.07. The Morgan fingerprint density at radius 2 is 1.72 bits per heavy atom. The maximum absolute atomic E-state index is 6.21. The number of nitrogens with zero attached hydrogens (tertiary/aromatic N) is 1. The van der Waals surface area contributed by atoms with Gasteiger partial charge in [-0.3, -0.25) is 0 Å². The predicted molar refractivity (Wildman–Crippen MR) is 69.8 cm³/mol. The normalized spacial score (nSPS) is 13.3. The molecule has 1 aliphatic heterocycles. The minimum Gasteiger partial charge on any atom is -0.454 e. The first-order chi connectivity index (χ1) is 8.83. The van der Waals surface area contributed by atoms with E-state index >= 15 is 0 Å². The number of aromatic nitrogens is 1. The first-order valence-electron chi connectivity index (χ1n) is 5.70. The molecule has 2 heterocycles. The van der Waals surface area contributed by atoms with Crippen molar-refractivity contribution < 1.29 is 9.47 Å². The van der Waals surface area contributed by atoms with E-state index < -0.39 is 0 Å². The Hall–Kier alpha value is -2.49. The van der Waals surface area contributed by atoms with Gasteiger partial charge in [0.2, 0.25) is 6.79 Å². The Bertz CT molecular complexity index is 783. The number of fused-ring (bicyclic) bond motifs is 3. The van der Waals surface area contributed by atoms with E-state index in [0.717, 1.165) is 39.0 Å². The highest BCUT2D eigenvalue weighted by Crippen LogP contribution is 2.38. The van der Waals surface area contributed by atoms with Crippen molar-refractivity contribution in [3.8, 4) is 11.5 Å². The van der Waals surface area contributed by atoms with E-state index in [1.165, 1.54) is 0 Å². The van der Waals surface area contributed by atoms with Gasteiger partial charge >= 0.3 is 0 Å². The second-order valence-corrected chi connectivity index (χ2v) is 4.27. The molecule has 0 aliphatic carbocycles. The zero-order valence-electron chi connectivity index (χ0n) is 9.51. The molecule has 0 spiro atoms. The lowest BCUT2D eigenvalue weighted by atomic mass is 10.1. The van der Waals surface area contributed by atoms with E-state index in [9.17, 15) is 0 Å². The summed E-state index contributed by atoms with van der Waals surface area (Å²) < 4.78 is 10.7. The van der Waals surface area contributed by atoms with Gasteiger partial charge in [0, 0.05) is 16.8 Å². The molecule has 1 aliphatic rings. The first-order valence-corrected chi connectivity index (χ1v) is 5.70. The van der Waals surface area contributed by atoms with E-state index in [4.69, 9.17) is 15.2 Å². The Balaban J connectivity index is 2.18. The van der Waals surface area contributed by atoms with Crippen LogP contribution in [0.25, 0.3) is 21.8 Å². The molecule has 0 fully saturated rings. The Morgan fingerprint density at radius 1 is 0.944 bits per heavy atom. The van der Waals surface area contributed by atoms with E-state index in [2.05, 4.69) is 4.98 Å². The van der Waals surface area contributed by atoms with Crippen LogP contribution in [0.1, 0.15) is 0 Å². The summed E-state index contributed by atoms with van der Waals surface area (Å²) >= 11 is 0. The minimum atomic E-state index is 0.255. The molecule has 4 heteroatoms. The van der Waals surface area contributed by atoms with Crippen LogP contribution >= 0.6 is 0 Å². The third kappa shape index (κ3) is 1.17. The van der Waals surface area contributed by atoms with Crippen molar-refractivity contribution in [1.82, 2.24) is 4.98 Å². The van der Waals surface area contributed by atoms with Crippen LogP contribution in [0.2, 0.25) is 0 Å². The smallest absolute Gasteiger partial charge is 0.231 e. The quantitative estimate of drug-likeness (QED) is 0.612. The SMILES string of the molecule is Nc1c2ccccc2nc2cc3c(cc12)OCO3. The summed E-state index contributed by atoms with van der Waals surface area (Å²) in [6.45, 7) is 0.255. The number of nitrogens with two attached hydrogens (primary N) is 1. The largest absolute Gasteiger partial charge is 0.454 e. The first kappa shape index (κ1) is 9.53. The standard InChI is InChI=1S/C14H10N2O2/c15-14-8-3-1-2-4-10(8)16-11-6-13-12(5-9(11)14)17-7-18-13/h1-6H,7H2,(H2,15,16). The van der Waals surface area contributed by atoms with E-state index in [1.807, 2.05) is 36.4 Å². The monoisotopic (exact) mass is 238 g/mol. The van der Waals surface area contributed by atoms with Crippen molar-refractivity contribution in [1.29, 1.82) is 0 Å². The van der Waals surface area contributed by atoms with Crippen LogP contribution in [0, 0.1) is 0 Å². The third-order valence-corrected chi connectivity index (χ3v) is 3.22. The molecule has 18 heavy (non-hydrogen) atoms. The molecule has 88 valence electrons. The molecule has 0 unspecified atom stereocenters. The summed E-state index contributed by atoms with van der Waals surface area (Å²) in [5.74, 6) is 1.45. The van der Waals surface area contributed by atoms with Gasteiger partial charge in [0.1, 0.15) is 0 Å². The average molecular weight is 238 g/mol. The molecule has 2 aromatic carbocycles. The van der Waals surface area contributed by atoms with Gasteiger partial charge < -0.3 is 15.2 Å². The minimum absolute atomic E-state index is 0.255. The number of hydrogen-bond donors (Lipinski definition) is 1. The van der Waals surface area contributed by atoms with Crippen molar-refractivity contribution in [2.24, 2.45) is 0 Å². The summed E-state index contributed by atoms with van der Waals surface area (Å²) in [6, 6.07) is 11.6. The topological polar surface area (TPSA) is 57.4 Å². The summed E-state index contributed by atoms with van der Waals surface area (Å²) in [5, 5.41) is 1.86. The Labute approximate surface area is 103 Å². The van der Waals surface area contributed by atoms with Gasteiger partial charge in [-0.25, -0.2) is 4.98 Å². The second-order valence-electron chi connectivity index (χ2n) is 4.27. The molecular weight excluding hydrogens is 228 g/mol. The Kier molecular flexibility index (Phi) is 1.73. The van der Waals surface area contributed by atoms with E-state index in [-0.39, 0.29) is 6.79 Å². The number of rotatable bonds is 0. The fourth-order valence-corrected chi connectivity index (χ4v) is 2.31. The van der Waals surface area contributed by atoms with Crippen LogP contribution in [0.4, 0.5) is 5.69 Å². The molecule has 2 N–H and O–H groups in total. The number of hydrogen-bond acceptors (Lipinski definition) is 4. The number of para-hydroxylation sites is 1. The summed E-state index contributed by atoms with van der Waals surface area (Å²) in [4.78, 5) is 4.60. The molecule has 0 radical (unpaired) electrons. The lowest BCUT2D eigenvalue weighted by molar-refractivity contribution is 0.174. The molecular formula is C14H10N2O2. The second kappa shape index (κ2) is 3.26. The Morgan fingerprint density at radius 3 is 2.61 bits per heavy atom. The molecule has 4 nitrogen and oxygen atoms in total. The lowest BCUT2D eigenvalue weighted by Crippen LogP contribution is -1.93. The molecule has 0 saturated heterocycles. The zero-order chi connectivity index (χ0) is 12.1. The van der Waals surface area contributed by atoms with Crippen molar-refractivity contribution in [2.45, 2.75) is 0 Å². The number of benzene rings is 2. The van der Waals surface area contributed by atoms with Crippen molar-refractivity contribution in [3.05, 3.63) is 36.4 Å². The highest BCUT2D eigenvalue weighted by Gasteiger charge is 2.16. The maximum Gasteiger partial charge on any atom is 0.231 e. The fraction of sp³-hybridized carbons (Fsp3) is 0.0714. The van der Waals surface area contributed by atoms with Gasteiger partial charge in [-0.1, -0.05) is 18.2 Å². The van der Waals surface area contributed by atoms with Crippen LogP contribution in [0.3, 0.4) is 0 Å². The van der Waals surface area contributed by atoms with Crippen LogP contribution in [-0.4, -0.2) is 11.8 Å². The molecule has 3 aromatic rings. The summed E-state index contributed by atoms with van der Waals surface area (Å²) in [7, 11) is 0. The maximum atomic E-state index is 6.21. The molecule has 0 amide bonds. The molecule has 0 bridgehead atoms. The number of pyridine rings is 1. The molecule has 0 saturated carbocycles. The molecule has 0 atom stereocenters. The van der Waals surface area contributed by atoms with Gasteiger partial charge in [-0.05, 0) is 12.1 Å². The average Bonchev–Trinajstić information content (AvgIpc) is 2.84. The zero-order valence-corrected chi connectivity index (χ0v) is 9.51. The molecule has 4 rings (SSSR count). The van der Waals surface area contributed by atoms with Gasteiger partial charge in [-0.15, -0.1) is 0 Å². The van der Waals surface area contributed by atoms with Crippen LogP contribution < -0.4 is 15.2 Å². The highest BCUT2D eigenvalue weighted by atomic mass is 16.7. The fourth-order valence-electron chi connectivity index (χ4n) is 2.31. The van der Waals surface area contributed by atoms with Gasteiger partial charge in [0.15, 0.2) is 11.5 Å². The van der Waals surface area contributed by atoms with Crippen LogP contribution in [0.15, 0.2) is 36.4 Å². The van der Waals surface area contributed by atoms with E-state index in [1.54, 1.807) is 0 Å². The van der Waals surface area contributed by atoms with Crippen LogP contribution in [0.5, 0.6) is 11.5 Å².